The smallest absolute Gasteiger partial charge is 0.130 e. The summed E-state index contributed by atoms with van der Waals surface area (Å²) in [6.07, 6.45) is 2.48. The van der Waals surface area contributed by atoms with Crippen LogP contribution in [0.25, 0.3) is 0 Å². The number of benzene rings is 1. The molecular weight excluding hydrogens is 280 g/mol. The topological polar surface area (TPSA) is 43.0 Å². The summed E-state index contributed by atoms with van der Waals surface area (Å²) in [5, 5.41) is 3.28. The second kappa shape index (κ2) is 8.25. The molecule has 0 aromatic heterocycles. The van der Waals surface area contributed by atoms with Gasteiger partial charge in [-0.2, -0.15) is 0 Å². The first-order chi connectivity index (χ1) is 10.7. The van der Waals surface area contributed by atoms with E-state index >= 15 is 0 Å². The molecule has 5 nitrogen and oxygen atoms in total. The molecule has 0 radical (unpaired) electrons. The van der Waals surface area contributed by atoms with Crippen molar-refractivity contribution in [2.24, 2.45) is 5.92 Å². The van der Waals surface area contributed by atoms with Gasteiger partial charge in [-0.15, -0.1) is 0 Å². The fourth-order valence-electron chi connectivity index (χ4n) is 3.09. The first-order valence-corrected chi connectivity index (χ1v) is 7.87. The molecule has 0 spiro atoms. The zero-order chi connectivity index (χ0) is 15.9. The van der Waals surface area contributed by atoms with Gasteiger partial charge in [-0.3, -0.25) is 4.90 Å². The number of hydrogen-bond acceptors (Lipinski definition) is 5. The van der Waals surface area contributed by atoms with Crippen LogP contribution in [0.1, 0.15) is 18.4 Å². The number of methoxy groups -OCH3 is 3. The molecule has 0 unspecified atom stereocenters. The molecule has 0 aliphatic carbocycles. The predicted molar refractivity (Wildman–Crippen MR) is 88.0 cm³/mol. The van der Waals surface area contributed by atoms with Gasteiger partial charge in [0.1, 0.15) is 17.2 Å². The Morgan fingerprint density at radius 2 is 1.64 bits per heavy atom. The van der Waals surface area contributed by atoms with Crippen molar-refractivity contribution in [2.45, 2.75) is 19.4 Å². The van der Waals surface area contributed by atoms with Gasteiger partial charge in [-0.05, 0) is 45.4 Å². The molecule has 1 aliphatic heterocycles. The highest BCUT2D eigenvalue weighted by Crippen LogP contribution is 2.35. The van der Waals surface area contributed by atoms with Crippen LogP contribution in [-0.2, 0) is 6.54 Å². The van der Waals surface area contributed by atoms with E-state index in [-0.39, 0.29) is 0 Å². The lowest BCUT2D eigenvalue weighted by atomic mass is 9.96. The van der Waals surface area contributed by atoms with Crippen molar-refractivity contribution in [3.8, 4) is 17.2 Å². The molecule has 124 valence electrons. The maximum absolute atomic E-state index is 5.53. The maximum Gasteiger partial charge on any atom is 0.130 e. The lowest BCUT2D eigenvalue weighted by Crippen LogP contribution is -2.36. The Morgan fingerprint density at radius 3 is 2.09 bits per heavy atom. The minimum absolute atomic E-state index is 0.755. The SMILES string of the molecule is CNCC1CCN(Cc2c(OC)cc(OC)cc2OC)CC1. The van der Waals surface area contributed by atoms with Gasteiger partial charge in [0.2, 0.25) is 0 Å². The van der Waals surface area contributed by atoms with E-state index in [1.54, 1.807) is 21.3 Å². The Hall–Kier alpha value is -1.46. The number of likely N-dealkylation sites (tertiary alicyclic amines) is 1. The third-order valence-electron chi connectivity index (χ3n) is 4.40. The molecule has 0 atom stereocenters. The van der Waals surface area contributed by atoms with Crippen molar-refractivity contribution in [1.29, 1.82) is 0 Å². The van der Waals surface area contributed by atoms with Crippen LogP contribution in [0.5, 0.6) is 17.2 Å². The molecule has 5 heteroatoms. The molecule has 0 amide bonds. The first kappa shape index (κ1) is 16.9. The molecule has 22 heavy (non-hydrogen) atoms. The molecule has 1 aliphatic rings. The average Bonchev–Trinajstić information content (AvgIpc) is 2.56. The van der Waals surface area contributed by atoms with Gasteiger partial charge in [0, 0.05) is 18.7 Å². The molecule has 1 aromatic rings. The molecule has 1 saturated heterocycles. The summed E-state index contributed by atoms with van der Waals surface area (Å²) in [4.78, 5) is 2.47. The minimum Gasteiger partial charge on any atom is -0.496 e. The van der Waals surface area contributed by atoms with Crippen LogP contribution in [0, 0.1) is 5.92 Å². The van der Waals surface area contributed by atoms with E-state index in [0.717, 1.165) is 54.9 Å². The highest BCUT2D eigenvalue weighted by molar-refractivity contribution is 5.50. The molecule has 2 rings (SSSR count). The van der Waals surface area contributed by atoms with Crippen LogP contribution in [0.2, 0.25) is 0 Å². The lowest BCUT2D eigenvalue weighted by Gasteiger charge is -2.32. The fraction of sp³-hybridized carbons (Fsp3) is 0.647. The summed E-state index contributed by atoms with van der Waals surface area (Å²) in [5.74, 6) is 3.20. The molecule has 0 bridgehead atoms. The third kappa shape index (κ3) is 4.05. The van der Waals surface area contributed by atoms with E-state index in [0.29, 0.717) is 0 Å². The van der Waals surface area contributed by atoms with E-state index in [9.17, 15) is 0 Å². The molecule has 1 aromatic carbocycles. The van der Waals surface area contributed by atoms with E-state index in [2.05, 4.69) is 10.2 Å². The van der Waals surface area contributed by atoms with Gasteiger partial charge in [-0.25, -0.2) is 0 Å². The van der Waals surface area contributed by atoms with E-state index in [4.69, 9.17) is 14.2 Å². The fourth-order valence-corrected chi connectivity index (χ4v) is 3.09. The average molecular weight is 308 g/mol. The van der Waals surface area contributed by atoms with E-state index in [1.165, 1.54) is 12.8 Å². The van der Waals surface area contributed by atoms with Crippen molar-refractivity contribution >= 4 is 0 Å². The molecule has 1 N–H and O–H groups in total. The highest BCUT2D eigenvalue weighted by Gasteiger charge is 2.22. The van der Waals surface area contributed by atoms with E-state index in [1.807, 2.05) is 19.2 Å². The van der Waals surface area contributed by atoms with Gasteiger partial charge >= 0.3 is 0 Å². The maximum atomic E-state index is 5.53. The van der Waals surface area contributed by atoms with Crippen molar-refractivity contribution < 1.29 is 14.2 Å². The summed E-state index contributed by atoms with van der Waals surface area (Å²) in [7, 11) is 7.06. The zero-order valence-electron chi connectivity index (χ0n) is 14.1. The summed E-state index contributed by atoms with van der Waals surface area (Å²) >= 11 is 0. The van der Waals surface area contributed by atoms with Crippen LogP contribution in [0.3, 0.4) is 0 Å². The second-order valence-electron chi connectivity index (χ2n) is 5.79. The van der Waals surface area contributed by atoms with E-state index < -0.39 is 0 Å². The van der Waals surface area contributed by atoms with Crippen molar-refractivity contribution in [1.82, 2.24) is 10.2 Å². The number of nitrogens with one attached hydrogen (secondary N) is 1. The minimum atomic E-state index is 0.755. The number of nitrogens with zero attached hydrogens (tertiary/aromatic N) is 1. The Balaban J connectivity index is 2.09. The third-order valence-corrected chi connectivity index (χ3v) is 4.40. The number of hydrogen-bond donors (Lipinski definition) is 1. The van der Waals surface area contributed by atoms with Gasteiger partial charge in [0.25, 0.3) is 0 Å². The summed E-state index contributed by atoms with van der Waals surface area (Å²) in [6, 6.07) is 3.84. The van der Waals surface area contributed by atoms with Crippen molar-refractivity contribution in [3.05, 3.63) is 17.7 Å². The van der Waals surface area contributed by atoms with Gasteiger partial charge < -0.3 is 19.5 Å². The molecule has 1 fully saturated rings. The number of rotatable bonds is 7. The predicted octanol–water partition coefficient (Wildman–Crippen LogP) is 2.14. The number of ether oxygens (including phenoxy) is 3. The van der Waals surface area contributed by atoms with Crippen LogP contribution < -0.4 is 19.5 Å². The van der Waals surface area contributed by atoms with Crippen LogP contribution in [0.15, 0.2) is 12.1 Å². The van der Waals surface area contributed by atoms with Crippen molar-refractivity contribution in [2.75, 3.05) is 48.0 Å². The largest absolute Gasteiger partial charge is 0.496 e. The Kier molecular flexibility index (Phi) is 6.34. The summed E-state index contributed by atoms with van der Waals surface area (Å²) in [6.45, 7) is 4.20. The van der Waals surface area contributed by atoms with Crippen LogP contribution in [-0.4, -0.2) is 52.9 Å². The van der Waals surface area contributed by atoms with Gasteiger partial charge in [0.15, 0.2) is 0 Å². The molecule has 0 saturated carbocycles. The number of piperidine rings is 1. The van der Waals surface area contributed by atoms with Gasteiger partial charge in [0.05, 0.1) is 26.9 Å². The Bertz CT molecular complexity index is 446. The van der Waals surface area contributed by atoms with Crippen LogP contribution in [0.4, 0.5) is 0 Å². The Labute approximate surface area is 133 Å². The highest BCUT2D eigenvalue weighted by atomic mass is 16.5. The zero-order valence-corrected chi connectivity index (χ0v) is 14.1. The first-order valence-electron chi connectivity index (χ1n) is 7.87. The van der Waals surface area contributed by atoms with Gasteiger partial charge in [-0.1, -0.05) is 0 Å². The van der Waals surface area contributed by atoms with Crippen molar-refractivity contribution in [3.63, 3.8) is 0 Å². The monoisotopic (exact) mass is 308 g/mol. The molecule has 1 heterocycles. The Morgan fingerprint density at radius 1 is 1.05 bits per heavy atom. The summed E-state index contributed by atoms with van der Waals surface area (Å²) < 4.78 is 16.4. The normalized spacial score (nSPS) is 16.5. The second-order valence-corrected chi connectivity index (χ2v) is 5.79. The quantitative estimate of drug-likeness (QED) is 0.836. The molecular formula is C17H28N2O3. The summed E-state index contributed by atoms with van der Waals surface area (Å²) in [5.41, 5.74) is 1.10. The van der Waals surface area contributed by atoms with Crippen LogP contribution >= 0.6 is 0 Å². The standard InChI is InChI=1S/C17H28N2O3/c1-18-11-13-5-7-19(8-6-13)12-15-16(21-3)9-14(20-2)10-17(15)22-4/h9-10,13,18H,5-8,11-12H2,1-4H3. The lowest BCUT2D eigenvalue weighted by molar-refractivity contribution is 0.173.